The molecule has 11 heteroatoms. The number of ether oxygens (including phenoxy) is 1. The molecule has 1 saturated heterocycles. The third-order valence-corrected chi connectivity index (χ3v) is 6.73. The van der Waals surface area contributed by atoms with Crippen LogP contribution in [0.25, 0.3) is 11.3 Å². The first-order valence-electron chi connectivity index (χ1n) is 13.6. The van der Waals surface area contributed by atoms with Gasteiger partial charge in [0.15, 0.2) is 0 Å². The van der Waals surface area contributed by atoms with E-state index in [0.29, 0.717) is 30.3 Å². The average Bonchev–Trinajstić information content (AvgIpc) is 3.33. The van der Waals surface area contributed by atoms with Crippen molar-refractivity contribution < 1.29 is 14.3 Å². The van der Waals surface area contributed by atoms with Crippen LogP contribution in [0.2, 0.25) is 0 Å². The second-order valence-corrected chi connectivity index (χ2v) is 11.2. The van der Waals surface area contributed by atoms with Gasteiger partial charge in [-0.1, -0.05) is 12.1 Å². The van der Waals surface area contributed by atoms with Gasteiger partial charge in [-0.15, -0.1) is 0 Å². The minimum absolute atomic E-state index is 0.0699. The van der Waals surface area contributed by atoms with Crippen molar-refractivity contribution in [3.05, 3.63) is 82.3 Å². The summed E-state index contributed by atoms with van der Waals surface area (Å²) in [5.74, 6) is -0.0554. The van der Waals surface area contributed by atoms with Crippen LogP contribution in [0.5, 0.6) is 0 Å². The van der Waals surface area contributed by atoms with Gasteiger partial charge >= 0.3 is 6.09 Å². The number of carbonyl (C=O) groups excluding carboxylic acids is 2. The van der Waals surface area contributed by atoms with E-state index in [1.54, 1.807) is 24.4 Å². The van der Waals surface area contributed by atoms with Gasteiger partial charge in [-0.3, -0.25) is 14.0 Å². The molecule has 0 aliphatic carbocycles. The summed E-state index contributed by atoms with van der Waals surface area (Å²) >= 11 is 0. The van der Waals surface area contributed by atoms with Crippen molar-refractivity contribution in [1.82, 2.24) is 34.3 Å². The van der Waals surface area contributed by atoms with Crippen molar-refractivity contribution in [3.8, 4) is 0 Å². The maximum Gasteiger partial charge on any atom is 0.410 e. The summed E-state index contributed by atoms with van der Waals surface area (Å²) in [7, 11) is 0. The molecule has 210 valence electrons. The van der Waals surface area contributed by atoms with Crippen LogP contribution in [-0.4, -0.2) is 60.9 Å². The highest BCUT2D eigenvalue weighted by atomic mass is 16.6. The lowest BCUT2D eigenvalue weighted by Gasteiger charge is -2.34. The second-order valence-electron chi connectivity index (χ2n) is 11.2. The molecule has 4 aromatic heterocycles. The molecule has 0 aromatic carbocycles. The van der Waals surface area contributed by atoms with Crippen molar-refractivity contribution in [1.29, 1.82) is 0 Å². The third-order valence-electron chi connectivity index (χ3n) is 6.73. The van der Waals surface area contributed by atoms with E-state index < -0.39 is 11.5 Å². The number of aromatic nitrogens is 4. The quantitative estimate of drug-likeness (QED) is 0.366. The molecule has 0 radical (unpaired) electrons. The molecular weight excluding hydrogens is 510 g/mol. The Balaban J connectivity index is 1.13. The van der Waals surface area contributed by atoms with Crippen LogP contribution >= 0.6 is 0 Å². The number of nitrogens with zero attached hydrogens (tertiary/aromatic N) is 5. The predicted molar refractivity (Wildman–Crippen MR) is 150 cm³/mol. The molecule has 1 fully saturated rings. The van der Waals surface area contributed by atoms with Crippen LogP contribution in [0.1, 0.15) is 55.4 Å². The van der Waals surface area contributed by atoms with E-state index in [0.717, 1.165) is 37.1 Å². The highest BCUT2D eigenvalue weighted by Crippen LogP contribution is 2.19. The molecule has 2 N–H and O–H groups in total. The molecule has 1 aliphatic heterocycles. The van der Waals surface area contributed by atoms with Gasteiger partial charge in [-0.2, -0.15) is 0 Å². The molecule has 1 unspecified atom stereocenters. The predicted octanol–water partition coefficient (Wildman–Crippen LogP) is 3.01. The Morgan fingerprint density at radius 1 is 1.07 bits per heavy atom. The number of imidazole rings is 1. The van der Waals surface area contributed by atoms with Crippen molar-refractivity contribution >= 4 is 23.3 Å². The van der Waals surface area contributed by atoms with Gasteiger partial charge in [-0.25, -0.2) is 14.8 Å². The Hall–Kier alpha value is -4.25. The molecule has 1 aliphatic rings. The van der Waals surface area contributed by atoms with Crippen LogP contribution in [-0.2, 0) is 17.8 Å². The Labute approximate surface area is 232 Å². The average molecular weight is 546 g/mol. The molecule has 5 heterocycles. The van der Waals surface area contributed by atoms with Gasteiger partial charge in [0.2, 0.25) is 0 Å². The molecule has 1 atom stereocenters. The number of piperidine rings is 1. The van der Waals surface area contributed by atoms with E-state index in [-0.39, 0.29) is 23.9 Å². The summed E-state index contributed by atoms with van der Waals surface area (Å²) in [5.41, 5.74) is 2.25. The highest BCUT2D eigenvalue weighted by molar-refractivity contribution is 5.92. The number of fused-ring (bicyclic) bond motifs is 2. The largest absolute Gasteiger partial charge is 0.444 e. The third kappa shape index (κ3) is 6.66. The lowest BCUT2D eigenvalue weighted by atomic mass is 9.98. The van der Waals surface area contributed by atoms with Crippen LogP contribution < -0.4 is 16.2 Å². The van der Waals surface area contributed by atoms with E-state index in [2.05, 4.69) is 20.6 Å². The molecule has 11 nitrogen and oxygen atoms in total. The molecule has 0 bridgehead atoms. The zero-order chi connectivity index (χ0) is 28.3. The van der Waals surface area contributed by atoms with E-state index >= 15 is 0 Å². The number of pyridine rings is 2. The smallest absolute Gasteiger partial charge is 0.410 e. The summed E-state index contributed by atoms with van der Waals surface area (Å²) in [5, 5.41) is 6.32. The second kappa shape index (κ2) is 11.5. The molecule has 2 amide bonds. The van der Waals surface area contributed by atoms with Crippen LogP contribution in [0.4, 0.5) is 4.79 Å². The van der Waals surface area contributed by atoms with E-state index in [9.17, 15) is 14.4 Å². The normalized spacial score (nSPS) is 15.9. The van der Waals surface area contributed by atoms with Crippen molar-refractivity contribution in [3.63, 3.8) is 0 Å². The van der Waals surface area contributed by atoms with Crippen molar-refractivity contribution in [2.24, 2.45) is 5.92 Å². The fourth-order valence-corrected chi connectivity index (χ4v) is 4.86. The standard InChI is InChI=1S/C29H35N7O4/c1-29(2,3)40-28(39)34-11-6-7-20(17-34)14-30-15-21-9-10-24-32-22(19-35(24)18-21)16-31-27(38)23-13-26(37)36-12-5-4-8-25(36)33-23/h4-5,8-10,12-13,18-20,30H,6-7,11,14-17H2,1-3H3,(H,31,38). The maximum atomic E-state index is 12.7. The first kappa shape index (κ1) is 27.3. The number of likely N-dealkylation sites (tertiary alicyclic amines) is 1. The number of hydrogen-bond donors (Lipinski definition) is 2. The van der Waals surface area contributed by atoms with Gasteiger partial charge in [0.1, 0.15) is 22.6 Å². The van der Waals surface area contributed by atoms with Gasteiger partial charge in [-0.05, 0) is 69.8 Å². The fourth-order valence-electron chi connectivity index (χ4n) is 4.86. The Morgan fingerprint density at radius 3 is 2.75 bits per heavy atom. The molecule has 0 saturated carbocycles. The van der Waals surface area contributed by atoms with Crippen molar-refractivity contribution in [2.45, 2.75) is 52.3 Å². The number of hydrogen-bond acceptors (Lipinski definition) is 7. The summed E-state index contributed by atoms with van der Waals surface area (Å²) in [6, 6.07) is 10.4. The first-order chi connectivity index (χ1) is 19.1. The Morgan fingerprint density at radius 2 is 1.93 bits per heavy atom. The highest BCUT2D eigenvalue weighted by Gasteiger charge is 2.27. The van der Waals surface area contributed by atoms with E-state index in [4.69, 9.17) is 4.74 Å². The Kier molecular flexibility index (Phi) is 7.83. The molecule has 40 heavy (non-hydrogen) atoms. The minimum atomic E-state index is -0.491. The molecular formula is C29H35N7O4. The van der Waals surface area contributed by atoms with Gasteiger partial charge in [0, 0.05) is 44.3 Å². The lowest BCUT2D eigenvalue weighted by molar-refractivity contribution is 0.0166. The fraction of sp³-hybridized carbons (Fsp3) is 0.414. The van der Waals surface area contributed by atoms with E-state index in [1.807, 2.05) is 54.6 Å². The van der Waals surface area contributed by atoms with E-state index in [1.165, 1.54) is 10.5 Å². The lowest BCUT2D eigenvalue weighted by Crippen LogP contribution is -2.45. The van der Waals surface area contributed by atoms with Gasteiger partial charge < -0.3 is 24.7 Å². The number of amides is 2. The zero-order valence-electron chi connectivity index (χ0n) is 23.1. The summed E-state index contributed by atoms with van der Waals surface area (Å²) in [4.78, 5) is 48.1. The zero-order valence-corrected chi connectivity index (χ0v) is 23.1. The Bertz CT molecular complexity index is 1590. The van der Waals surface area contributed by atoms with Crippen molar-refractivity contribution in [2.75, 3.05) is 19.6 Å². The topological polar surface area (TPSA) is 122 Å². The summed E-state index contributed by atoms with van der Waals surface area (Å²) < 4.78 is 8.86. The molecule has 0 spiro atoms. The molecule has 5 rings (SSSR count). The van der Waals surface area contributed by atoms with Crippen LogP contribution in [0, 0.1) is 5.92 Å². The number of nitrogens with one attached hydrogen (secondary N) is 2. The van der Waals surface area contributed by atoms with Crippen LogP contribution in [0.3, 0.4) is 0 Å². The first-order valence-corrected chi connectivity index (χ1v) is 13.6. The number of carbonyl (C=O) groups is 2. The van der Waals surface area contributed by atoms with Crippen LogP contribution in [0.15, 0.2) is 59.8 Å². The maximum absolute atomic E-state index is 12.7. The summed E-state index contributed by atoms with van der Waals surface area (Å²) in [6.07, 6.45) is 7.31. The van der Waals surface area contributed by atoms with Gasteiger partial charge in [0.05, 0.1) is 12.2 Å². The minimum Gasteiger partial charge on any atom is -0.444 e. The monoisotopic (exact) mass is 545 g/mol. The van der Waals surface area contributed by atoms with Gasteiger partial charge in [0.25, 0.3) is 11.5 Å². The number of rotatable bonds is 7. The molecule has 4 aromatic rings. The SMILES string of the molecule is CC(C)(C)OC(=O)N1CCCC(CNCc2ccc3nc(CNC(=O)c4cc(=O)n5ccccc5n4)cn3c2)C1. The summed E-state index contributed by atoms with van der Waals surface area (Å²) in [6.45, 7) is 8.80.